The van der Waals surface area contributed by atoms with Crippen molar-refractivity contribution >= 4 is 63.3 Å². The minimum Gasteiger partial charge on any atom is -0.0620 e. The standard InChI is InChI=1S/2C18H15P.C12H16N4O2.ClH.Ru/c2*1-4-10-16(11-5-1)19(17-12-6-2-7-13-17)18-14-8-3-9-15-18;1-7-5-9(3)15(13-7)11(12(17)18)16-10(4)6-8(2)14-16;;/h2*1-15H;5-6,11H,1-4H3,(H,17,18);1H;/q;;;;+3/p+1. The summed E-state index contributed by atoms with van der Waals surface area (Å²) in [6, 6.07) is 68.7. The van der Waals surface area contributed by atoms with Gasteiger partial charge in [0.25, 0.3) is 0 Å². The summed E-state index contributed by atoms with van der Waals surface area (Å²) in [5.74, 6) is -0.979. The second-order valence-corrected chi connectivity index (χ2v) is 18.4. The number of rotatable bonds is 9. The predicted molar refractivity (Wildman–Crippen MR) is 244 cm³/mol. The fraction of sp³-hybridized carbons (Fsp3) is 0.104. The van der Waals surface area contributed by atoms with Gasteiger partial charge in [-0.15, -0.1) is 0 Å². The molecule has 0 radical (unpaired) electrons. The molecule has 0 saturated heterocycles. The molecule has 2 aromatic heterocycles. The summed E-state index contributed by atoms with van der Waals surface area (Å²) < 4.78 is 2.97. The van der Waals surface area contributed by atoms with Gasteiger partial charge >= 0.3 is 33.0 Å². The number of benzene rings is 6. The van der Waals surface area contributed by atoms with Crippen LogP contribution in [0.4, 0.5) is 0 Å². The molecule has 10 heteroatoms. The van der Waals surface area contributed by atoms with Crippen molar-refractivity contribution in [2.24, 2.45) is 0 Å². The number of aliphatic carboxylic acids is 1. The van der Waals surface area contributed by atoms with Crippen molar-refractivity contribution in [3.05, 3.63) is 217 Å². The Kier molecular flexibility index (Phi) is 17.3. The fourth-order valence-corrected chi connectivity index (χ4v) is 11.9. The Balaban J connectivity index is 0.000000162. The Morgan fingerprint density at radius 1 is 0.466 bits per heavy atom. The van der Waals surface area contributed by atoms with Gasteiger partial charge in [0.15, 0.2) is 0 Å². The first-order chi connectivity index (χ1) is 28.3. The van der Waals surface area contributed by atoms with Crippen LogP contribution in [0.5, 0.6) is 0 Å². The van der Waals surface area contributed by atoms with Gasteiger partial charge in [0.2, 0.25) is 6.17 Å². The van der Waals surface area contributed by atoms with E-state index in [9.17, 15) is 9.90 Å². The molecule has 0 amide bonds. The smallest absolute Gasteiger partial charge is 0.0620 e. The van der Waals surface area contributed by atoms with Crippen molar-refractivity contribution in [3.63, 3.8) is 0 Å². The first-order valence-corrected chi connectivity index (χ1v) is 24.0. The fourth-order valence-electron chi connectivity index (χ4n) is 6.73. The monoisotopic (exact) mass is 911 g/mol. The van der Waals surface area contributed by atoms with E-state index in [1.54, 1.807) is 0 Å². The second kappa shape index (κ2) is 22.8. The first kappa shape index (κ1) is 44.1. The molecule has 6 aromatic carbocycles. The maximum Gasteiger partial charge on any atom is 0.102 e. The molecule has 8 aromatic rings. The molecule has 0 bridgehead atoms. The molecular weight excluding hydrogens is 863 g/mol. The molecule has 1 N–H and O–H groups in total. The molecule has 6 nitrogen and oxygen atoms in total. The van der Waals surface area contributed by atoms with Gasteiger partial charge in [-0.25, -0.2) is 14.2 Å². The van der Waals surface area contributed by atoms with E-state index < -0.39 is 28.0 Å². The molecule has 0 fully saturated rings. The van der Waals surface area contributed by atoms with Gasteiger partial charge in [-0.05, 0) is 113 Å². The number of aryl methyl sites for hydroxylation is 4. The molecule has 0 unspecified atom stereocenters. The third kappa shape index (κ3) is 12.0. The Hall–Kier alpha value is -5.02. The average molecular weight is 911 g/mol. The largest absolute Gasteiger partial charge is 0.102 e. The Bertz CT molecular complexity index is 2050. The number of halogens is 1. The number of hydrogen-bond donors (Lipinski definition) is 1. The molecule has 8 rings (SSSR count). The molecule has 0 aliphatic rings. The van der Waals surface area contributed by atoms with Crippen LogP contribution in [-0.2, 0) is 22.1 Å². The van der Waals surface area contributed by atoms with Crippen LogP contribution in [0.1, 0.15) is 28.9 Å². The molecular formula is C48H48ClN4O2P2Ru+4. The number of carboxylic acids is 1. The van der Waals surface area contributed by atoms with E-state index in [2.05, 4.69) is 202 Å². The number of carbonyl (C=O) groups is 1. The second-order valence-electron chi connectivity index (χ2n) is 13.4. The normalized spacial score (nSPS) is 10.5. The maximum absolute atomic E-state index is 11.5. The van der Waals surface area contributed by atoms with E-state index in [0.29, 0.717) is 0 Å². The molecule has 293 valence electrons. The van der Waals surface area contributed by atoms with Crippen LogP contribution in [0, 0.1) is 27.7 Å². The van der Waals surface area contributed by atoms with Crippen molar-refractivity contribution in [1.82, 2.24) is 19.6 Å². The van der Waals surface area contributed by atoms with Crippen molar-refractivity contribution in [2.45, 2.75) is 33.9 Å². The van der Waals surface area contributed by atoms with E-state index in [4.69, 9.17) is 0 Å². The van der Waals surface area contributed by atoms with E-state index in [1.165, 1.54) is 41.2 Å². The minimum absolute atomic E-state index is 0.792. The van der Waals surface area contributed by atoms with Crippen molar-refractivity contribution in [1.29, 1.82) is 0 Å². The Morgan fingerprint density at radius 2 is 0.672 bits per heavy atom. The number of aromatic nitrogens is 4. The molecule has 0 atom stereocenters. The molecule has 0 aliphatic heterocycles. The predicted octanol–water partition coefficient (Wildman–Crippen LogP) is 8.49. The molecule has 0 saturated carbocycles. The third-order valence-corrected chi connectivity index (χ3v) is 14.6. The summed E-state index contributed by atoms with van der Waals surface area (Å²) in [5, 5.41) is 26.5. The van der Waals surface area contributed by atoms with Crippen LogP contribution in [0.3, 0.4) is 0 Å². The average Bonchev–Trinajstić information content (AvgIpc) is 3.78. The molecule has 2 heterocycles. The van der Waals surface area contributed by atoms with Crippen LogP contribution in [0.25, 0.3) is 0 Å². The van der Waals surface area contributed by atoms with Gasteiger partial charge in [0.1, 0.15) is 31.8 Å². The summed E-state index contributed by atoms with van der Waals surface area (Å²) in [6.45, 7) is 7.34. The van der Waals surface area contributed by atoms with Gasteiger partial charge < -0.3 is 5.11 Å². The first-order valence-electron chi connectivity index (χ1n) is 18.8. The summed E-state index contributed by atoms with van der Waals surface area (Å²) in [6.07, 6.45) is -0.938. The summed E-state index contributed by atoms with van der Waals surface area (Å²) >= 11 is 1.82. The van der Waals surface area contributed by atoms with Gasteiger partial charge in [-0.1, -0.05) is 109 Å². The summed E-state index contributed by atoms with van der Waals surface area (Å²) in [4.78, 5) is 11.5. The van der Waals surface area contributed by atoms with Crippen molar-refractivity contribution in [3.8, 4) is 0 Å². The topological polar surface area (TPSA) is 72.9 Å². The third-order valence-electron chi connectivity index (χ3n) is 9.15. The zero-order chi connectivity index (χ0) is 41.3. The van der Waals surface area contributed by atoms with Gasteiger partial charge in [0.05, 0.1) is 27.2 Å². The Labute approximate surface area is 358 Å². The number of nitrogens with zero attached hydrogens (tertiary/aromatic N) is 4. The quantitative estimate of drug-likeness (QED) is 0.117. The van der Waals surface area contributed by atoms with Crippen LogP contribution >= 0.6 is 25.5 Å². The van der Waals surface area contributed by atoms with E-state index in [0.717, 1.165) is 22.8 Å². The zero-order valence-electron chi connectivity index (χ0n) is 32.9. The zero-order valence-corrected chi connectivity index (χ0v) is 37.4. The number of hydrogen-bond acceptors (Lipinski definition) is 3. The van der Waals surface area contributed by atoms with Gasteiger partial charge in [-0.3, -0.25) is 0 Å². The SMILES string of the molecule is Cc1cc(C)n(C(C(=O)O)n2nc(C)cc2C)n1.[Cl][Ru+2].c1ccc([PH+](c2ccccc2)c2ccccc2)cc1.c1ccc([PH+](c2ccccc2)c2ccccc2)cc1. The molecule has 0 spiro atoms. The van der Waals surface area contributed by atoms with E-state index in [1.807, 2.05) is 57.1 Å². The van der Waals surface area contributed by atoms with Crippen LogP contribution in [-0.4, -0.2) is 30.6 Å². The minimum atomic E-state index is -0.979. The van der Waals surface area contributed by atoms with Crippen molar-refractivity contribution in [2.75, 3.05) is 0 Å². The van der Waals surface area contributed by atoms with Crippen LogP contribution < -0.4 is 31.8 Å². The Morgan fingerprint density at radius 3 is 0.828 bits per heavy atom. The van der Waals surface area contributed by atoms with E-state index in [-0.39, 0.29) is 0 Å². The number of carboxylic acid groups (broad SMARTS) is 1. The molecule has 0 aliphatic carbocycles. The maximum atomic E-state index is 11.5. The van der Waals surface area contributed by atoms with Gasteiger partial charge in [-0.2, -0.15) is 10.2 Å². The van der Waals surface area contributed by atoms with Crippen LogP contribution in [0.2, 0.25) is 0 Å². The van der Waals surface area contributed by atoms with Crippen LogP contribution in [0.15, 0.2) is 194 Å². The van der Waals surface area contributed by atoms with Gasteiger partial charge in [0, 0.05) is 11.4 Å². The molecule has 58 heavy (non-hydrogen) atoms. The summed E-state index contributed by atoms with van der Waals surface area (Å²) in [5.41, 5.74) is 3.18. The summed E-state index contributed by atoms with van der Waals surface area (Å²) in [7, 11) is 2.81. The van der Waals surface area contributed by atoms with Crippen molar-refractivity contribution < 1.29 is 27.2 Å². The van der Waals surface area contributed by atoms with E-state index >= 15 is 0 Å².